The van der Waals surface area contributed by atoms with Crippen LogP contribution in [0.25, 0.3) is 10.9 Å². The molecular formula is C17H15N3O4. The number of phenolic OH excluding ortho intramolecular Hbond substituents is 1. The van der Waals surface area contributed by atoms with Crippen LogP contribution >= 0.6 is 0 Å². The van der Waals surface area contributed by atoms with Crippen LogP contribution in [0, 0.1) is 0 Å². The van der Waals surface area contributed by atoms with Gasteiger partial charge in [0.05, 0.1) is 10.9 Å². The van der Waals surface area contributed by atoms with Crippen molar-refractivity contribution in [1.29, 1.82) is 0 Å². The molecule has 0 fully saturated rings. The van der Waals surface area contributed by atoms with Gasteiger partial charge in [0.1, 0.15) is 11.8 Å². The van der Waals surface area contributed by atoms with Crippen LogP contribution in [0.2, 0.25) is 0 Å². The van der Waals surface area contributed by atoms with Gasteiger partial charge in [-0.2, -0.15) is 4.98 Å². The first-order valence-electron chi connectivity index (χ1n) is 7.26. The van der Waals surface area contributed by atoms with Crippen molar-refractivity contribution in [3.05, 3.63) is 64.5 Å². The minimum Gasteiger partial charge on any atom is -0.508 e. The third-order valence-electron chi connectivity index (χ3n) is 3.55. The zero-order valence-electron chi connectivity index (χ0n) is 12.6. The summed E-state index contributed by atoms with van der Waals surface area (Å²) in [4.78, 5) is 27.8. The molecule has 0 bridgehead atoms. The van der Waals surface area contributed by atoms with E-state index in [-0.39, 0.29) is 18.2 Å². The highest BCUT2D eigenvalue weighted by atomic mass is 16.4. The quantitative estimate of drug-likeness (QED) is 0.652. The fourth-order valence-corrected chi connectivity index (χ4v) is 2.32. The molecule has 0 aliphatic heterocycles. The highest BCUT2D eigenvalue weighted by Crippen LogP contribution is 2.15. The van der Waals surface area contributed by atoms with Gasteiger partial charge in [-0.3, -0.25) is 4.79 Å². The normalized spacial score (nSPS) is 12.0. The molecule has 7 nitrogen and oxygen atoms in total. The summed E-state index contributed by atoms with van der Waals surface area (Å²) in [5.74, 6) is -0.481. The number of fused-ring (bicyclic) bond motifs is 1. The average Bonchev–Trinajstić information content (AvgIpc) is 2.56. The van der Waals surface area contributed by atoms with Crippen molar-refractivity contribution in [3.8, 4) is 5.75 Å². The number of anilines is 1. The largest absolute Gasteiger partial charge is 0.508 e. The van der Waals surface area contributed by atoms with E-state index < -0.39 is 17.6 Å². The summed E-state index contributed by atoms with van der Waals surface area (Å²) in [5, 5.41) is 12.4. The number of nitrogens with one attached hydrogen (secondary N) is 1. The molecule has 1 atom stereocenters. The van der Waals surface area contributed by atoms with Gasteiger partial charge < -0.3 is 20.6 Å². The molecule has 0 saturated heterocycles. The van der Waals surface area contributed by atoms with E-state index in [1.807, 2.05) is 0 Å². The lowest BCUT2D eigenvalue weighted by atomic mass is 10.1. The van der Waals surface area contributed by atoms with Crippen LogP contribution in [0.15, 0.2) is 57.7 Å². The van der Waals surface area contributed by atoms with Gasteiger partial charge in [-0.15, -0.1) is 0 Å². The van der Waals surface area contributed by atoms with Gasteiger partial charge in [0, 0.05) is 6.42 Å². The first-order valence-corrected chi connectivity index (χ1v) is 7.26. The lowest BCUT2D eigenvalue weighted by molar-refractivity contribution is -0.118. The zero-order valence-corrected chi connectivity index (χ0v) is 12.6. The van der Waals surface area contributed by atoms with Crippen LogP contribution in [0.3, 0.4) is 0 Å². The maximum atomic E-state index is 12.0. The summed E-state index contributed by atoms with van der Waals surface area (Å²) in [6, 6.07) is 12.3. The Hall–Kier alpha value is -3.35. The molecule has 24 heavy (non-hydrogen) atoms. The predicted molar refractivity (Wildman–Crippen MR) is 88.7 cm³/mol. The summed E-state index contributed by atoms with van der Waals surface area (Å²) in [6.07, 6.45) is 0.258. The lowest BCUT2D eigenvalue weighted by Gasteiger charge is -2.15. The second-order valence-corrected chi connectivity index (χ2v) is 5.29. The molecule has 7 heteroatoms. The fourth-order valence-electron chi connectivity index (χ4n) is 2.32. The van der Waals surface area contributed by atoms with Crippen molar-refractivity contribution < 1.29 is 14.3 Å². The molecule has 1 heterocycles. The molecule has 1 aromatic heterocycles. The molecule has 0 aliphatic carbocycles. The van der Waals surface area contributed by atoms with Crippen molar-refractivity contribution >= 4 is 22.8 Å². The van der Waals surface area contributed by atoms with Crippen LogP contribution in [-0.2, 0) is 11.2 Å². The Kier molecular flexibility index (Phi) is 4.15. The number of rotatable bonds is 5. The Morgan fingerprint density at radius 1 is 1.21 bits per heavy atom. The maximum Gasteiger partial charge on any atom is 0.348 e. The Balaban J connectivity index is 1.87. The van der Waals surface area contributed by atoms with Crippen molar-refractivity contribution in [3.63, 3.8) is 0 Å². The molecule has 0 saturated carbocycles. The first-order chi connectivity index (χ1) is 11.5. The van der Waals surface area contributed by atoms with Crippen LogP contribution in [0.1, 0.15) is 5.56 Å². The van der Waals surface area contributed by atoms with Gasteiger partial charge in [-0.1, -0.05) is 24.3 Å². The molecule has 0 spiro atoms. The van der Waals surface area contributed by atoms with Crippen LogP contribution in [0.4, 0.5) is 6.01 Å². The number of amides is 1. The fraction of sp³-hybridized carbons (Fsp3) is 0.118. The summed E-state index contributed by atoms with van der Waals surface area (Å²) < 4.78 is 5.10. The van der Waals surface area contributed by atoms with Crippen LogP contribution in [0.5, 0.6) is 5.75 Å². The molecule has 1 amide bonds. The van der Waals surface area contributed by atoms with E-state index in [0.29, 0.717) is 10.9 Å². The van der Waals surface area contributed by atoms with Crippen molar-refractivity contribution in [2.24, 2.45) is 5.73 Å². The highest BCUT2D eigenvalue weighted by molar-refractivity contribution is 5.83. The molecule has 3 aromatic rings. The number of primary amides is 1. The minimum absolute atomic E-state index is 0.0683. The second kappa shape index (κ2) is 6.41. The number of phenols is 1. The number of hydrogen-bond donors (Lipinski definition) is 3. The van der Waals surface area contributed by atoms with E-state index in [0.717, 1.165) is 5.56 Å². The third kappa shape index (κ3) is 3.35. The summed E-state index contributed by atoms with van der Waals surface area (Å²) in [6.45, 7) is 0. The first kappa shape index (κ1) is 15.5. The molecule has 0 aliphatic rings. The molecule has 0 unspecified atom stereocenters. The van der Waals surface area contributed by atoms with E-state index in [1.165, 1.54) is 12.1 Å². The lowest BCUT2D eigenvalue weighted by Crippen LogP contribution is -2.37. The van der Waals surface area contributed by atoms with Crippen LogP contribution < -0.4 is 16.7 Å². The number of hydrogen-bond acceptors (Lipinski definition) is 6. The van der Waals surface area contributed by atoms with E-state index in [9.17, 15) is 14.7 Å². The smallest absolute Gasteiger partial charge is 0.348 e. The minimum atomic E-state index is -0.814. The SMILES string of the molecule is NC(=O)[C@H](Cc1ccc(O)cc1)Nc1nc2ccccc2c(=O)o1. The molecular weight excluding hydrogens is 310 g/mol. The third-order valence-corrected chi connectivity index (χ3v) is 3.55. The number of nitrogens with zero attached hydrogens (tertiary/aromatic N) is 1. The van der Waals surface area contributed by atoms with E-state index in [2.05, 4.69) is 10.3 Å². The second-order valence-electron chi connectivity index (χ2n) is 5.29. The Bertz CT molecular complexity index is 934. The number of nitrogens with two attached hydrogens (primary N) is 1. The van der Waals surface area contributed by atoms with E-state index >= 15 is 0 Å². The standard InChI is InChI=1S/C17H15N3O4/c18-15(22)14(9-10-5-7-11(21)8-6-10)20-17-19-13-4-2-1-3-12(13)16(23)24-17/h1-8,14,21H,9H2,(H2,18,22)(H,19,20)/t14-/m0/s1. The molecule has 4 N–H and O–H groups in total. The molecule has 122 valence electrons. The summed E-state index contributed by atoms with van der Waals surface area (Å²) in [7, 11) is 0. The van der Waals surface area contributed by atoms with Crippen molar-refractivity contribution in [2.45, 2.75) is 12.5 Å². The van der Waals surface area contributed by atoms with Crippen molar-refractivity contribution in [1.82, 2.24) is 4.98 Å². The Morgan fingerprint density at radius 3 is 2.62 bits per heavy atom. The molecule has 3 rings (SSSR count). The van der Waals surface area contributed by atoms with Gasteiger partial charge >= 0.3 is 5.63 Å². The Labute approximate surface area is 136 Å². The average molecular weight is 325 g/mol. The van der Waals surface area contributed by atoms with Gasteiger partial charge in [0.25, 0.3) is 6.01 Å². The van der Waals surface area contributed by atoms with Gasteiger partial charge in [0.15, 0.2) is 0 Å². The van der Waals surface area contributed by atoms with Gasteiger partial charge in [-0.05, 0) is 29.8 Å². The number of carbonyl (C=O) groups excluding carboxylic acids is 1. The number of carbonyl (C=O) groups is 1. The number of aromatic hydroxyl groups is 1. The van der Waals surface area contributed by atoms with E-state index in [1.54, 1.807) is 36.4 Å². The topological polar surface area (TPSA) is 118 Å². The van der Waals surface area contributed by atoms with Gasteiger partial charge in [-0.25, -0.2) is 4.79 Å². The number of aromatic nitrogens is 1. The number of para-hydroxylation sites is 1. The van der Waals surface area contributed by atoms with Crippen molar-refractivity contribution in [2.75, 3.05) is 5.32 Å². The predicted octanol–water partition coefficient (Wildman–Crippen LogP) is 1.40. The zero-order chi connectivity index (χ0) is 17.1. The highest BCUT2D eigenvalue weighted by Gasteiger charge is 2.18. The maximum absolute atomic E-state index is 12.0. The van der Waals surface area contributed by atoms with Gasteiger partial charge in [0.2, 0.25) is 5.91 Å². The Morgan fingerprint density at radius 2 is 1.92 bits per heavy atom. The van der Waals surface area contributed by atoms with E-state index in [4.69, 9.17) is 10.2 Å². The molecule has 2 aromatic carbocycles. The van der Waals surface area contributed by atoms with Crippen LogP contribution in [-0.4, -0.2) is 22.0 Å². The summed E-state index contributed by atoms with van der Waals surface area (Å²) in [5.41, 5.74) is 6.12. The summed E-state index contributed by atoms with van der Waals surface area (Å²) >= 11 is 0. The monoisotopic (exact) mass is 325 g/mol. The molecule has 0 radical (unpaired) electrons. The number of benzene rings is 2.